The highest BCUT2D eigenvalue weighted by atomic mass is 35.5. The molecule has 1 rings (SSSR count). The van der Waals surface area contributed by atoms with Gasteiger partial charge >= 0.3 is 6.18 Å². The Kier molecular flexibility index (Phi) is 4.83. The second kappa shape index (κ2) is 5.71. The molecule has 4 nitrogen and oxygen atoms in total. The third kappa shape index (κ3) is 3.50. The fourth-order valence-electron chi connectivity index (χ4n) is 1.15. The summed E-state index contributed by atoms with van der Waals surface area (Å²) in [5, 5.41) is 11.0. The Balaban J connectivity index is 3.00. The van der Waals surface area contributed by atoms with Crippen molar-refractivity contribution in [3.05, 3.63) is 23.2 Å². The van der Waals surface area contributed by atoms with Crippen molar-refractivity contribution in [3.63, 3.8) is 0 Å². The fraction of sp³-hybridized carbons (Fsp3) is 0.364. The molecule has 0 bridgehead atoms. The molecule has 0 aromatic heterocycles. The molecule has 2 atom stereocenters. The summed E-state index contributed by atoms with van der Waals surface area (Å²) in [5.74, 6) is -1.66. The zero-order chi connectivity index (χ0) is 15.7. The van der Waals surface area contributed by atoms with E-state index in [9.17, 15) is 27.3 Å². The van der Waals surface area contributed by atoms with Crippen molar-refractivity contribution >= 4 is 34.0 Å². The smallest absolute Gasteiger partial charge is 0.373 e. The third-order valence-electron chi connectivity index (χ3n) is 2.51. The predicted molar refractivity (Wildman–Crippen MR) is 69.1 cm³/mol. The lowest BCUT2D eigenvalue weighted by Crippen LogP contribution is -2.52. The van der Waals surface area contributed by atoms with Crippen LogP contribution in [0.1, 0.15) is 6.92 Å². The molecule has 0 aliphatic carbocycles. The van der Waals surface area contributed by atoms with E-state index < -0.39 is 28.5 Å². The van der Waals surface area contributed by atoms with E-state index in [0.29, 0.717) is 11.8 Å². The molecule has 9 heteroatoms. The highest BCUT2D eigenvalue weighted by molar-refractivity contribution is 7.84. The maximum absolute atomic E-state index is 12.5. The van der Waals surface area contributed by atoms with Gasteiger partial charge in [0.2, 0.25) is 5.60 Å². The lowest BCUT2D eigenvalue weighted by atomic mass is 10.1. The molecule has 2 unspecified atom stereocenters. The van der Waals surface area contributed by atoms with Gasteiger partial charge in [-0.2, -0.15) is 13.2 Å². The van der Waals surface area contributed by atoms with Crippen LogP contribution >= 0.6 is 11.6 Å². The maximum atomic E-state index is 12.5. The Labute approximate surface area is 120 Å². The summed E-state index contributed by atoms with van der Waals surface area (Å²) in [6.45, 7) is 0.339. The zero-order valence-corrected chi connectivity index (χ0v) is 12.0. The molecule has 20 heavy (non-hydrogen) atoms. The summed E-state index contributed by atoms with van der Waals surface area (Å²) < 4.78 is 48.6. The van der Waals surface area contributed by atoms with Crippen molar-refractivity contribution in [3.8, 4) is 0 Å². The Morgan fingerprint density at radius 1 is 1.40 bits per heavy atom. The molecule has 112 valence electrons. The molecular formula is C11H11ClF3NO3S. The Bertz CT molecular complexity index is 560. The minimum absolute atomic E-state index is 0.0796. The molecule has 0 spiro atoms. The van der Waals surface area contributed by atoms with Gasteiger partial charge in [-0.15, -0.1) is 0 Å². The van der Waals surface area contributed by atoms with Gasteiger partial charge in [0.15, 0.2) is 0 Å². The second-order valence-corrected chi connectivity index (χ2v) is 5.91. The van der Waals surface area contributed by atoms with Gasteiger partial charge in [0.25, 0.3) is 5.91 Å². The van der Waals surface area contributed by atoms with Crippen molar-refractivity contribution in [1.29, 1.82) is 0 Å². The van der Waals surface area contributed by atoms with E-state index in [4.69, 9.17) is 11.6 Å². The van der Waals surface area contributed by atoms with Gasteiger partial charge in [-0.25, -0.2) is 0 Å². The molecule has 0 heterocycles. The number of hydrogen-bond donors (Lipinski definition) is 2. The van der Waals surface area contributed by atoms with Gasteiger partial charge in [0.1, 0.15) is 0 Å². The number of alkyl halides is 3. The van der Waals surface area contributed by atoms with E-state index in [1.807, 2.05) is 5.32 Å². The van der Waals surface area contributed by atoms with Crippen molar-refractivity contribution in [2.75, 3.05) is 11.6 Å². The van der Waals surface area contributed by atoms with E-state index in [-0.39, 0.29) is 10.7 Å². The van der Waals surface area contributed by atoms with Crippen molar-refractivity contribution in [2.45, 2.75) is 23.6 Å². The normalized spacial score (nSPS) is 16.4. The summed E-state index contributed by atoms with van der Waals surface area (Å²) >= 11 is 5.77. The Hall–Kier alpha value is -1.12. The van der Waals surface area contributed by atoms with Crippen molar-refractivity contribution in [1.82, 2.24) is 0 Å². The van der Waals surface area contributed by atoms with Crippen LogP contribution in [0.5, 0.6) is 0 Å². The van der Waals surface area contributed by atoms with Crippen LogP contribution < -0.4 is 5.32 Å². The molecule has 1 amide bonds. The standard InChI is InChI=1S/C11H11ClF3NO3S/c1-10(18,11(13,14)15)9(17)16-8-4-3-6(20(2)19)5-7(8)12/h3-5,18H,1-2H3,(H,16,17). The lowest BCUT2D eigenvalue weighted by Gasteiger charge is -2.25. The summed E-state index contributed by atoms with van der Waals surface area (Å²) in [7, 11) is -1.32. The van der Waals surface area contributed by atoms with E-state index in [2.05, 4.69) is 0 Å². The number of rotatable bonds is 3. The minimum Gasteiger partial charge on any atom is -0.373 e. The number of benzene rings is 1. The first kappa shape index (κ1) is 16.9. The molecule has 0 aliphatic heterocycles. The molecule has 0 fully saturated rings. The van der Waals surface area contributed by atoms with Gasteiger partial charge < -0.3 is 10.4 Å². The van der Waals surface area contributed by atoms with Crippen LogP contribution in [-0.2, 0) is 15.6 Å². The molecule has 2 N–H and O–H groups in total. The largest absolute Gasteiger partial charge is 0.426 e. The first-order valence-electron chi connectivity index (χ1n) is 5.20. The predicted octanol–water partition coefficient (Wildman–Crippen LogP) is 2.33. The van der Waals surface area contributed by atoms with E-state index in [1.54, 1.807) is 0 Å². The van der Waals surface area contributed by atoms with Crippen LogP contribution in [0.2, 0.25) is 5.02 Å². The summed E-state index contributed by atoms with van der Waals surface area (Å²) in [4.78, 5) is 11.8. The van der Waals surface area contributed by atoms with E-state index in [0.717, 1.165) is 0 Å². The van der Waals surface area contributed by atoms with Crippen molar-refractivity contribution < 1.29 is 27.3 Å². The number of aliphatic hydroxyl groups is 1. The van der Waals surface area contributed by atoms with Gasteiger partial charge in [0.05, 0.1) is 10.7 Å². The third-order valence-corrected chi connectivity index (χ3v) is 3.75. The van der Waals surface area contributed by atoms with Crippen LogP contribution in [-0.4, -0.2) is 33.3 Å². The van der Waals surface area contributed by atoms with Crippen LogP contribution in [0.15, 0.2) is 23.1 Å². The number of carbonyl (C=O) groups is 1. The highest BCUT2D eigenvalue weighted by Crippen LogP contribution is 2.32. The minimum atomic E-state index is -5.12. The van der Waals surface area contributed by atoms with Crippen molar-refractivity contribution in [2.24, 2.45) is 0 Å². The Morgan fingerprint density at radius 2 is 1.95 bits per heavy atom. The number of carbonyl (C=O) groups excluding carboxylic acids is 1. The molecule has 0 saturated heterocycles. The number of nitrogens with one attached hydrogen (secondary N) is 1. The van der Waals surface area contributed by atoms with E-state index >= 15 is 0 Å². The van der Waals surface area contributed by atoms with Crippen LogP contribution in [0.4, 0.5) is 18.9 Å². The molecule has 1 aromatic carbocycles. The molecule has 0 saturated carbocycles. The fourth-order valence-corrected chi connectivity index (χ4v) is 1.98. The first-order valence-corrected chi connectivity index (χ1v) is 7.14. The maximum Gasteiger partial charge on any atom is 0.426 e. The van der Waals surface area contributed by atoms with Gasteiger partial charge in [0, 0.05) is 22.0 Å². The SMILES string of the molecule is CS(=O)c1ccc(NC(=O)C(C)(O)C(F)(F)F)c(Cl)c1. The summed E-state index contributed by atoms with van der Waals surface area (Å²) in [6, 6.07) is 3.82. The average Bonchev–Trinajstić information content (AvgIpc) is 2.29. The molecular weight excluding hydrogens is 319 g/mol. The van der Waals surface area contributed by atoms with Crippen LogP contribution in [0.3, 0.4) is 0 Å². The number of amides is 1. The van der Waals surface area contributed by atoms with Gasteiger partial charge in [-0.3, -0.25) is 9.00 Å². The van der Waals surface area contributed by atoms with Crippen LogP contribution in [0, 0.1) is 0 Å². The number of anilines is 1. The molecule has 0 aliphatic rings. The van der Waals surface area contributed by atoms with E-state index in [1.165, 1.54) is 24.5 Å². The molecule has 0 radical (unpaired) electrons. The quantitative estimate of drug-likeness (QED) is 0.894. The zero-order valence-electron chi connectivity index (χ0n) is 10.4. The monoisotopic (exact) mass is 329 g/mol. The average molecular weight is 330 g/mol. The Morgan fingerprint density at radius 3 is 2.35 bits per heavy atom. The highest BCUT2D eigenvalue weighted by Gasteiger charge is 2.55. The summed E-state index contributed by atoms with van der Waals surface area (Å²) in [5.41, 5.74) is -3.65. The van der Waals surface area contributed by atoms with Gasteiger partial charge in [-0.05, 0) is 25.1 Å². The number of halogens is 4. The molecule has 1 aromatic rings. The summed E-state index contributed by atoms with van der Waals surface area (Å²) in [6.07, 6.45) is -3.72. The lowest BCUT2D eigenvalue weighted by molar-refractivity contribution is -0.242. The number of hydrogen-bond acceptors (Lipinski definition) is 3. The van der Waals surface area contributed by atoms with Gasteiger partial charge in [-0.1, -0.05) is 11.6 Å². The topological polar surface area (TPSA) is 66.4 Å². The first-order chi connectivity index (χ1) is 8.96. The second-order valence-electron chi connectivity index (χ2n) is 4.12. The van der Waals surface area contributed by atoms with Crippen LogP contribution in [0.25, 0.3) is 0 Å².